The molecule has 5 heteroatoms. The van der Waals surface area contributed by atoms with Gasteiger partial charge in [0.15, 0.2) is 0 Å². The van der Waals surface area contributed by atoms with Crippen LogP contribution in [0.1, 0.15) is 10.4 Å². The predicted octanol–water partition coefficient (Wildman–Crippen LogP) is 1.88. The summed E-state index contributed by atoms with van der Waals surface area (Å²) in [5, 5.41) is 2.96. The van der Waals surface area contributed by atoms with E-state index >= 15 is 0 Å². The van der Waals surface area contributed by atoms with Crippen molar-refractivity contribution < 1.29 is 9.18 Å². The molecular weight excluding hydrogens is 275 g/mol. The van der Waals surface area contributed by atoms with Gasteiger partial charge in [0.1, 0.15) is 5.82 Å². The average Bonchev–Trinajstić information content (AvgIpc) is 2.28. The van der Waals surface area contributed by atoms with Crippen molar-refractivity contribution in [1.82, 2.24) is 10.2 Å². The topological polar surface area (TPSA) is 32.3 Å². The van der Waals surface area contributed by atoms with Crippen molar-refractivity contribution >= 4 is 21.8 Å². The Labute approximate surface area is 103 Å². The van der Waals surface area contributed by atoms with Crippen LogP contribution in [0.25, 0.3) is 0 Å². The van der Waals surface area contributed by atoms with Crippen LogP contribution in [-0.2, 0) is 0 Å². The molecule has 1 N–H and O–H groups in total. The fourth-order valence-corrected chi connectivity index (χ4v) is 1.61. The third kappa shape index (κ3) is 3.28. The van der Waals surface area contributed by atoms with Crippen molar-refractivity contribution in [2.75, 3.05) is 27.2 Å². The molecule has 16 heavy (non-hydrogen) atoms. The van der Waals surface area contributed by atoms with E-state index in [4.69, 9.17) is 0 Å². The molecule has 1 aromatic carbocycles. The van der Waals surface area contributed by atoms with Crippen LogP contribution in [0.3, 0.4) is 0 Å². The number of amides is 1. The second kappa shape index (κ2) is 5.96. The Morgan fingerprint density at radius 1 is 1.56 bits per heavy atom. The molecule has 1 rings (SSSR count). The Balaban J connectivity index is 2.76. The molecular formula is C11H14BrFN2O. The van der Waals surface area contributed by atoms with Crippen molar-refractivity contribution in [3.05, 3.63) is 34.1 Å². The predicted molar refractivity (Wildman–Crippen MR) is 65.0 cm³/mol. The number of rotatable bonds is 4. The number of benzene rings is 1. The summed E-state index contributed by atoms with van der Waals surface area (Å²) in [5.74, 6) is -0.481. The molecule has 0 aliphatic rings. The van der Waals surface area contributed by atoms with Gasteiger partial charge in [0, 0.05) is 25.7 Å². The lowest BCUT2D eigenvalue weighted by Gasteiger charge is -2.17. The molecule has 3 nitrogen and oxygen atoms in total. The third-order valence-electron chi connectivity index (χ3n) is 2.21. The van der Waals surface area contributed by atoms with Crippen molar-refractivity contribution in [2.24, 2.45) is 0 Å². The van der Waals surface area contributed by atoms with Gasteiger partial charge in [-0.25, -0.2) is 4.39 Å². The second-order valence-corrected chi connectivity index (χ2v) is 4.31. The molecule has 0 radical (unpaired) electrons. The van der Waals surface area contributed by atoms with Gasteiger partial charge in [0.25, 0.3) is 5.91 Å². The summed E-state index contributed by atoms with van der Waals surface area (Å²) in [6.07, 6.45) is 0. The van der Waals surface area contributed by atoms with Crippen LogP contribution < -0.4 is 5.32 Å². The summed E-state index contributed by atoms with van der Waals surface area (Å²) < 4.78 is 13.3. The highest BCUT2D eigenvalue weighted by molar-refractivity contribution is 9.10. The lowest BCUT2D eigenvalue weighted by molar-refractivity contribution is 0.0796. The monoisotopic (exact) mass is 288 g/mol. The van der Waals surface area contributed by atoms with E-state index in [2.05, 4.69) is 21.2 Å². The molecule has 0 aliphatic carbocycles. The molecule has 0 saturated carbocycles. The van der Waals surface area contributed by atoms with Gasteiger partial charge in [-0.05, 0) is 41.2 Å². The second-order valence-electron chi connectivity index (χ2n) is 3.46. The smallest absolute Gasteiger partial charge is 0.253 e. The van der Waals surface area contributed by atoms with Gasteiger partial charge in [-0.3, -0.25) is 4.79 Å². The summed E-state index contributed by atoms with van der Waals surface area (Å²) in [6.45, 7) is 1.34. The molecule has 88 valence electrons. The van der Waals surface area contributed by atoms with Gasteiger partial charge < -0.3 is 10.2 Å². The van der Waals surface area contributed by atoms with Gasteiger partial charge in [-0.2, -0.15) is 0 Å². The van der Waals surface area contributed by atoms with Crippen LogP contribution in [0, 0.1) is 5.82 Å². The van der Waals surface area contributed by atoms with E-state index < -0.39 is 0 Å². The molecule has 0 unspecified atom stereocenters. The number of likely N-dealkylation sites (N-methyl/N-ethyl adjacent to an activating group) is 2. The number of carbonyl (C=O) groups is 1. The highest BCUT2D eigenvalue weighted by Crippen LogP contribution is 2.17. The summed E-state index contributed by atoms with van der Waals surface area (Å²) >= 11 is 3.06. The molecule has 0 aromatic heterocycles. The lowest BCUT2D eigenvalue weighted by atomic mass is 10.2. The van der Waals surface area contributed by atoms with E-state index in [1.165, 1.54) is 18.2 Å². The number of halogens is 2. The first-order chi connectivity index (χ1) is 7.56. The molecule has 0 heterocycles. The summed E-state index contributed by atoms with van der Waals surface area (Å²) in [7, 11) is 3.55. The molecule has 1 aromatic rings. The van der Waals surface area contributed by atoms with E-state index in [-0.39, 0.29) is 11.7 Å². The van der Waals surface area contributed by atoms with E-state index in [0.29, 0.717) is 16.6 Å². The van der Waals surface area contributed by atoms with Crippen LogP contribution in [0.2, 0.25) is 0 Å². The molecule has 0 saturated heterocycles. The Hall–Kier alpha value is -0.940. The maximum Gasteiger partial charge on any atom is 0.253 e. The van der Waals surface area contributed by atoms with E-state index in [1.807, 2.05) is 7.05 Å². The van der Waals surface area contributed by atoms with Gasteiger partial charge in [0.2, 0.25) is 0 Å². The third-order valence-corrected chi connectivity index (χ3v) is 2.82. The zero-order valence-electron chi connectivity index (χ0n) is 9.26. The number of nitrogens with one attached hydrogen (secondary N) is 1. The number of nitrogens with zero attached hydrogens (tertiary/aromatic N) is 1. The highest BCUT2D eigenvalue weighted by atomic mass is 79.9. The van der Waals surface area contributed by atoms with Crippen LogP contribution in [-0.4, -0.2) is 38.0 Å². The Bertz CT molecular complexity index is 384. The summed E-state index contributed by atoms with van der Waals surface area (Å²) in [4.78, 5) is 13.5. The molecule has 0 aliphatic heterocycles. The van der Waals surface area contributed by atoms with Gasteiger partial charge in [-0.15, -0.1) is 0 Å². The van der Waals surface area contributed by atoms with Crippen molar-refractivity contribution in [1.29, 1.82) is 0 Å². The number of hydrogen-bond acceptors (Lipinski definition) is 2. The van der Waals surface area contributed by atoms with E-state index in [9.17, 15) is 9.18 Å². The first-order valence-corrected chi connectivity index (χ1v) is 5.70. The van der Waals surface area contributed by atoms with Crippen LogP contribution in [0.5, 0.6) is 0 Å². The Kier molecular flexibility index (Phi) is 4.89. The maximum absolute atomic E-state index is 13.0. The fraction of sp³-hybridized carbons (Fsp3) is 0.364. The number of carbonyl (C=O) groups excluding carboxylic acids is 1. The van der Waals surface area contributed by atoms with Gasteiger partial charge in [-0.1, -0.05) is 0 Å². The van der Waals surface area contributed by atoms with Gasteiger partial charge >= 0.3 is 0 Å². The Morgan fingerprint density at radius 2 is 2.25 bits per heavy atom. The number of hydrogen-bond donors (Lipinski definition) is 1. The lowest BCUT2D eigenvalue weighted by Crippen LogP contribution is -2.32. The molecule has 0 spiro atoms. The largest absolute Gasteiger partial charge is 0.340 e. The van der Waals surface area contributed by atoms with Crippen LogP contribution >= 0.6 is 15.9 Å². The first kappa shape index (κ1) is 13.1. The zero-order chi connectivity index (χ0) is 12.1. The van der Waals surface area contributed by atoms with Crippen molar-refractivity contribution in [3.8, 4) is 0 Å². The molecule has 0 fully saturated rings. The van der Waals surface area contributed by atoms with Crippen molar-refractivity contribution in [3.63, 3.8) is 0 Å². The van der Waals surface area contributed by atoms with Gasteiger partial charge in [0.05, 0.1) is 4.47 Å². The molecule has 1 amide bonds. The quantitative estimate of drug-likeness (QED) is 0.918. The molecule has 0 atom stereocenters. The molecule has 0 bridgehead atoms. The van der Waals surface area contributed by atoms with Crippen LogP contribution in [0.15, 0.2) is 22.7 Å². The minimum Gasteiger partial charge on any atom is -0.340 e. The van der Waals surface area contributed by atoms with E-state index in [1.54, 1.807) is 11.9 Å². The fourth-order valence-electron chi connectivity index (χ4n) is 1.23. The van der Waals surface area contributed by atoms with Crippen LogP contribution in [0.4, 0.5) is 4.39 Å². The average molecular weight is 289 g/mol. The SMILES string of the molecule is CNCCN(C)C(=O)c1ccc(F)c(Br)c1. The minimum absolute atomic E-state index is 0.115. The normalized spacial score (nSPS) is 10.2. The summed E-state index contributed by atoms with van der Waals surface area (Å²) in [6, 6.07) is 4.26. The Morgan fingerprint density at radius 3 is 2.81 bits per heavy atom. The summed E-state index contributed by atoms with van der Waals surface area (Å²) in [5.41, 5.74) is 0.479. The minimum atomic E-state index is -0.366. The zero-order valence-corrected chi connectivity index (χ0v) is 10.8. The standard InChI is InChI=1S/C11H14BrFN2O/c1-14-5-6-15(2)11(16)8-3-4-10(13)9(12)7-8/h3-4,7,14H,5-6H2,1-2H3. The maximum atomic E-state index is 13.0. The first-order valence-electron chi connectivity index (χ1n) is 4.91. The highest BCUT2D eigenvalue weighted by Gasteiger charge is 2.12. The van der Waals surface area contributed by atoms with Crippen molar-refractivity contribution in [2.45, 2.75) is 0 Å². The van der Waals surface area contributed by atoms with E-state index in [0.717, 1.165) is 6.54 Å².